The number of amides is 2. The molecule has 0 aliphatic rings. The van der Waals surface area contributed by atoms with Gasteiger partial charge in [0.1, 0.15) is 11.3 Å². The van der Waals surface area contributed by atoms with Crippen LogP contribution in [0.4, 0.5) is 5.69 Å². The Balaban J connectivity index is 1.97. The van der Waals surface area contributed by atoms with Crippen LogP contribution < -0.4 is 16.7 Å². The van der Waals surface area contributed by atoms with Gasteiger partial charge >= 0.3 is 11.6 Å². The zero-order chi connectivity index (χ0) is 18.6. The average Bonchev–Trinajstić information content (AvgIpc) is 2.52. The lowest BCUT2D eigenvalue weighted by molar-refractivity contribution is -0.119. The molecule has 8 heteroatoms. The Bertz CT molecular complexity index is 857. The zero-order valence-corrected chi connectivity index (χ0v) is 13.6. The van der Waals surface area contributed by atoms with Gasteiger partial charge in [0.05, 0.1) is 0 Å². The maximum atomic E-state index is 12.1. The van der Waals surface area contributed by atoms with Gasteiger partial charge < -0.3 is 20.2 Å². The molecule has 1 aromatic heterocycles. The number of aryl methyl sites for hydroxylation is 2. The molecule has 0 spiro atoms. The van der Waals surface area contributed by atoms with Crippen molar-refractivity contribution in [2.24, 2.45) is 5.73 Å². The van der Waals surface area contributed by atoms with E-state index < -0.39 is 30.0 Å². The van der Waals surface area contributed by atoms with E-state index >= 15 is 0 Å². The van der Waals surface area contributed by atoms with E-state index in [4.69, 9.17) is 14.9 Å². The van der Waals surface area contributed by atoms with Crippen LogP contribution in [0.1, 0.15) is 32.0 Å². The first-order valence-corrected chi connectivity index (χ1v) is 7.26. The molecule has 8 nitrogen and oxygen atoms in total. The molecule has 0 aliphatic heterocycles. The van der Waals surface area contributed by atoms with E-state index in [2.05, 4.69) is 5.32 Å². The molecule has 0 unspecified atom stereocenters. The van der Waals surface area contributed by atoms with Gasteiger partial charge in [-0.1, -0.05) is 0 Å². The normalized spacial score (nSPS) is 10.2. The second-order valence-electron chi connectivity index (χ2n) is 5.25. The predicted molar refractivity (Wildman–Crippen MR) is 88.3 cm³/mol. The van der Waals surface area contributed by atoms with Crippen LogP contribution in [0, 0.1) is 13.8 Å². The van der Waals surface area contributed by atoms with E-state index in [0.717, 1.165) is 0 Å². The monoisotopic (exact) mass is 344 g/mol. The fraction of sp³-hybridized carbons (Fsp3) is 0.176. The molecule has 0 bridgehead atoms. The molecular formula is C17H16N2O6. The van der Waals surface area contributed by atoms with Gasteiger partial charge in [-0.2, -0.15) is 0 Å². The van der Waals surface area contributed by atoms with E-state index in [-0.39, 0.29) is 11.3 Å². The predicted octanol–water partition coefficient (Wildman–Crippen LogP) is 1.15. The third kappa shape index (κ3) is 4.54. The number of hydrogen-bond acceptors (Lipinski definition) is 6. The number of hydrogen-bond donors (Lipinski definition) is 2. The molecule has 3 N–H and O–H groups in total. The van der Waals surface area contributed by atoms with Crippen LogP contribution in [0.5, 0.6) is 0 Å². The summed E-state index contributed by atoms with van der Waals surface area (Å²) >= 11 is 0. The first-order chi connectivity index (χ1) is 11.8. The molecule has 130 valence electrons. The molecule has 0 fully saturated rings. The van der Waals surface area contributed by atoms with Crippen LogP contribution in [-0.4, -0.2) is 24.4 Å². The summed E-state index contributed by atoms with van der Waals surface area (Å²) in [6, 6.07) is 7.09. The van der Waals surface area contributed by atoms with Crippen molar-refractivity contribution in [2.45, 2.75) is 13.8 Å². The average molecular weight is 344 g/mol. The Morgan fingerprint density at radius 3 is 2.36 bits per heavy atom. The van der Waals surface area contributed by atoms with Gasteiger partial charge in [-0.25, -0.2) is 9.59 Å². The Morgan fingerprint density at radius 1 is 1.16 bits per heavy atom. The molecule has 1 aromatic carbocycles. The quantitative estimate of drug-likeness (QED) is 0.783. The Labute approximate surface area is 142 Å². The highest BCUT2D eigenvalue weighted by atomic mass is 16.5. The molecule has 2 amide bonds. The van der Waals surface area contributed by atoms with Gasteiger partial charge in [-0.3, -0.25) is 9.59 Å². The molecule has 0 radical (unpaired) electrons. The van der Waals surface area contributed by atoms with Crippen molar-refractivity contribution >= 4 is 23.5 Å². The summed E-state index contributed by atoms with van der Waals surface area (Å²) in [6.07, 6.45) is 0. The molecular weight excluding hydrogens is 328 g/mol. The highest BCUT2D eigenvalue weighted by molar-refractivity contribution is 5.97. The van der Waals surface area contributed by atoms with Crippen molar-refractivity contribution in [2.75, 3.05) is 11.9 Å². The highest BCUT2D eigenvalue weighted by Gasteiger charge is 2.18. The van der Waals surface area contributed by atoms with Gasteiger partial charge in [0, 0.05) is 17.3 Å². The minimum absolute atomic E-state index is 0.109. The Morgan fingerprint density at radius 2 is 1.80 bits per heavy atom. The number of benzene rings is 1. The Kier molecular flexibility index (Phi) is 5.33. The van der Waals surface area contributed by atoms with Gasteiger partial charge in [-0.15, -0.1) is 0 Å². The van der Waals surface area contributed by atoms with Crippen molar-refractivity contribution in [1.29, 1.82) is 0 Å². The van der Waals surface area contributed by atoms with Gasteiger partial charge in [0.2, 0.25) is 5.91 Å². The summed E-state index contributed by atoms with van der Waals surface area (Å²) in [6.45, 7) is 2.51. The van der Waals surface area contributed by atoms with E-state index in [9.17, 15) is 19.2 Å². The fourth-order valence-electron chi connectivity index (χ4n) is 2.18. The first kappa shape index (κ1) is 17.9. The van der Waals surface area contributed by atoms with Crippen LogP contribution in [0.2, 0.25) is 0 Å². The summed E-state index contributed by atoms with van der Waals surface area (Å²) in [5.74, 6) is -1.78. The lowest BCUT2D eigenvalue weighted by atomic mass is 10.1. The summed E-state index contributed by atoms with van der Waals surface area (Å²) < 4.78 is 9.79. The lowest BCUT2D eigenvalue weighted by Gasteiger charge is -2.09. The standard InChI is InChI=1S/C17H16N2O6/c1-9-7-14(21)25-10(2)15(9)17(23)24-8-13(20)19-12-5-3-11(4-6-12)16(18)22/h3-7H,8H2,1-2H3,(H2,18,22)(H,19,20). The summed E-state index contributed by atoms with van der Waals surface area (Å²) in [5.41, 5.74) is 5.80. The number of nitrogens with one attached hydrogen (secondary N) is 1. The number of esters is 1. The summed E-state index contributed by atoms with van der Waals surface area (Å²) in [4.78, 5) is 46.1. The van der Waals surface area contributed by atoms with Crippen molar-refractivity contribution < 1.29 is 23.5 Å². The van der Waals surface area contributed by atoms with E-state index in [1.807, 2.05) is 0 Å². The van der Waals surface area contributed by atoms with Crippen LogP contribution in [-0.2, 0) is 9.53 Å². The third-order valence-corrected chi connectivity index (χ3v) is 3.33. The minimum atomic E-state index is -0.766. The van der Waals surface area contributed by atoms with Crippen molar-refractivity contribution in [3.8, 4) is 0 Å². The van der Waals surface area contributed by atoms with E-state index in [1.165, 1.54) is 37.3 Å². The smallest absolute Gasteiger partial charge is 0.342 e. The van der Waals surface area contributed by atoms with Crippen molar-refractivity contribution in [3.05, 3.63) is 63.2 Å². The summed E-state index contributed by atoms with van der Waals surface area (Å²) in [5, 5.41) is 2.51. The number of primary amides is 1. The lowest BCUT2D eigenvalue weighted by Crippen LogP contribution is -2.22. The maximum absolute atomic E-state index is 12.1. The second-order valence-corrected chi connectivity index (χ2v) is 5.25. The molecule has 0 aliphatic carbocycles. The number of carbonyl (C=O) groups is 3. The number of nitrogens with two attached hydrogens (primary N) is 1. The van der Waals surface area contributed by atoms with Crippen LogP contribution in [0.15, 0.2) is 39.5 Å². The summed E-state index contributed by atoms with van der Waals surface area (Å²) in [7, 11) is 0. The van der Waals surface area contributed by atoms with Crippen molar-refractivity contribution in [3.63, 3.8) is 0 Å². The molecule has 1 heterocycles. The second kappa shape index (κ2) is 7.43. The Hall–Kier alpha value is -3.42. The molecule has 0 atom stereocenters. The number of anilines is 1. The van der Waals surface area contributed by atoms with Crippen molar-refractivity contribution in [1.82, 2.24) is 0 Å². The largest absolute Gasteiger partial charge is 0.452 e. The SMILES string of the molecule is Cc1cc(=O)oc(C)c1C(=O)OCC(=O)Nc1ccc(C(N)=O)cc1. The third-order valence-electron chi connectivity index (χ3n) is 3.33. The number of rotatable bonds is 5. The fourth-order valence-corrected chi connectivity index (χ4v) is 2.18. The first-order valence-electron chi connectivity index (χ1n) is 7.26. The maximum Gasteiger partial charge on any atom is 0.342 e. The van der Waals surface area contributed by atoms with Crippen LogP contribution >= 0.6 is 0 Å². The van der Waals surface area contributed by atoms with E-state index in [0.29, 0.717) is 16.8 Å². The number of ether oxygens (including phenoxy) is 1. The van der Waals surface area contributed by atoms with Crippen LogP contribution in [0.3, 0.4) is 0 Å². The highest BCUT2D eigenvalue weighted by Crippen LogP contribution is 2.13. The van der Waals surface area contributed by atoms with Gasteiger partial charge in [0.15, 0.2) is 6.61 Å². The van der Waals surface area contributed by atoms with Crippen LogP contribution in [0.25, 0.3) is 0 Å². The molecule has 2 aromatic rings. The topological polar surface area (TPSA) is 129 Å². The molecule has 0 saturated heterocycles. The molecule has 25 heavy (non-hydrogen) atoms. The number of carbonyl (C=O) groups excluding carboxylic acids is 3. The molecule has 0 saturated carbocycles. The van der Waals surface area contributed by atoms with E-state index in [1.54, 1.807) is 6.92 Å². The van der Waals surface area contributed by atoms with Gasteiger partial charge in [-0.05, 0) is 43.7 Å². The van der Waals surface area contributed by atoms with Gasteiger partial charge in [0.25, 0.3) is 5.91 Å². The minimum Gasteiger partial charge on any atom is -0.452 e. The zero-order valence-electron chi connectivity index (χ0n) is 13.6. The molecule has 2 rings (SSSR count).